The van der Waals surface area contributed by atoms with Gasteiger partial charge in [-0.05, 0) is 66.8 Å². The number of benzene rings is 2. The van der Waals surface area contributed by atoms with E-state index in [0.717, 1.165) is 29.7 Å². The maximum atomic E-state index is 13.8. The number of hydrogen-bond acceptors (Lipinski definition) is 3. The number of aromatic nitrogens is 2. The minimum Gasteiger partial charge on any atom is -0.342 e. The van der Waals surface area contributed by atoms with Gasteiger partial charge in [0.15, 0.2) is 0 Å². The Morgan fingerprint density at radius 1 is 1.06 bits per heavy atom. The van der Waals surface area contributed by atoms with E-state index in [-0.39, 0.29) is 17.7 Å². The van der Waals surface area contributed by atoms with Gasteiger partial charge < -0.3 is 10.2 Å². The average molecular weight is 457 g/mol. The Balaban J connectivity index is 1.40. The highest BCUT2D eigenvalue weighted by Crippen LogP contribution is 2.32. The highest BCUT2D eigenvalue weighted by molar-refractivity contribution is 5.97. The first-order valence-corrected chi connectivity index (χ1v) is 12.2. The van der Waals surface area contributed by atoms with E-state index in [0.29, 0.717) is 18.9 Å². The van der Waals surface area contributed by atoms with Crippen LogP contribution >= 0.6 is 0 Å². The summed E-state index contributed by atoms with van der Waals surface area (Å²) in [6.07, 6.45) is 6.04. The van der Waals surface area contributed by atoms with Crippen LogP contribution in [-0.2, 0) is 29.0 Å². The van der Waals surface area contributed by atoms with E-state index in [9.17, 15) is 9.59 Å². The number of aryl methyl sites for hydroxylation is 1. The molecule has 6 nitrogen and oxygen atoms in total. The van der Waals surface area contributed by atoms with E-state index in [4.69, 9.17) is 0 Å². The Morgan fingerprint density at radius 2 is 1.79 bits per heavy atom. The number of piperazine rings is 1. The lowest BCUT2D eigenvalue weighted by Gasteiger charge is -2.41. The zero-order valence-electron chi connectivity index (χ0n) is 20.1. The molecular weight excluding hydrogens is 424 g/mol. The number of fused-ring (bicyclic) bond motifs is 1. The van der Waals surface area contributed by atoms with Gasteiger partial charge in [0.1, 0.15) is 12.1 Å². The third-order valence-electron chi connectivity index (χ3n) is 7.03. The van der Waals surface area contributed by atoms with E-state index in [1.54, 1.807) is 11.1 Å². The summed E-state index contributed by atoms with van der Waals surface area (Å²) >= 11 is 0. The second-order valence-corrected chi connectivity index (χ2v) is 10.2. The van der Waals surface area contributed by atoms with E-state index >= 15 is 0 Å². The SMILES string of the molecule is Cc1cccc(-n2cc(CN3C(=O)[C@@H](C4Cc5ccccc5C4)NC(=O)[C@H]3CC(C)C)cn2)c1. The molecule has 34 heavy (non-hydrogen) atoms. The molecule has 5 rings (SSSR count). The van der Waals surface area contributed by atoms with Crippen LogP contribution in [0, 0.1) is 18.8 Å². The van der Waals surface area contributed by atoms with Crippen LogP contribution in [0.3, 0.4) is 0 Å². The number of nitrogens with zero attached hydrogens (tertiary/aromatic N) is 3. The van der Waals surface area contributed by atoms with Crippen LogP contribution in [-0.4, -0.2) is 38.6 Å². The monoisotopic (exact) mass is 456 g/mol. The Hall–Kier alpha value is -3.41. The Labute approximate surface area is 201 Å². The minimum absolute atomic E-state index is 0.0198. The first-order chi connectivity index (χ1) is 16.4. The third-order valence-corrected chi connectivity index (χ3v) is 7.03. The van der Waals surface area contributed by atoms with Crippen molar-refractivity contribution in [1.29, 1.82) is 0 Å². The molecule has 6 heteroatoms. The van der Waals surface area contributed by atoms with Crippen LogP contribution in [0.5, 0.6) is 0 Å². The summed E-state index contributed by atoms with van der Waals surface area (Å²) in [6, 6.07) is 15.5. The van der Waals surface area contributed by atoms with Gasteiger partial charge in [0.2, 0.25) is 11.8 Å². The molecule has 0 bridgehead atoms. The van der Waals surface area contributed by atoms with Crippen LogP contribution in [0.1, 0.15) is 42.5 Å². The predicted molar refractivity (Wildman–Crippen MR) is 131 cm³/mol. The lowest BCUT2D eigenvalue weighted by atomic mass is 9.90. The molecule has 3 aromatic rings. The minimum atomic E-state index is -0.491. The summed E-state index contributed by atoms with van der Waals surface area (Å²) in [5, 5.41) is 7.63. The maximum Gasteiger partial charge on any atom is 0.246 e. The Bertz CT molecular complexity index is 1190. The number of hydrogen-bond donors (Lipinski definition) is 1. The molecule has 1 aromatic heterocycles. The van der Waals surface area contributed by atoms with Crippen molar-refractivity contribution >= 4 is 11.8 Å². The van der Waals surface area contributed by atoms with Crippen molar-refractivity contribution in [2.75, 3.05) is 0 Å². The molecule has 0 unspecified atom stereocenters. The molecule has 1 fully saturated rings. The summed E-state index contributed by atoms with van der Waals surface area (Å²) in [5.41, 5.74) is 5.63. The summed E-state index contributed by atoms with van der Waals surface area (Å²) in [5.74, 6) is 0.367. The normalized spacial score (nSPS) is 20.6. The molecule has 2 aliphatic rings. The van der Waals surface area contributed by atoms with Gasteiger partial charge in [-0.3, -0.25) is 9.59 Å². The van der Waals surface area contributed by atoms with Crippen molar-refractivity contribution in [3.8, 4) is 5.69 Å². The zero-order chi connectivity index (χ0) is 23.8. The number of carbonyl (C=O) groups excluding carboxylic acids is 2. The van der Waals surface area contributed by atoms with Crippen molar-refractivity contribution in [3.05, 3.63) is 83.2 Å². The summed E-state index contributed by atoms with van der Waals surface area (Å²) in [6.45, 7) is 6.61. The van der Waals surface area contributed by atoms with E-state index in [1.165, 1.54) is 11.1 Å². The lowest BCUT2D eigenvalue weighted by Crippen LogP contribution is -2.65. The molecule has 2 atom stereocenters. The molecule has 0 spiro atoms. The van der Waals surface area contributed by atoms with Gasteiger partial charge in [0.25, 0.3) is 0 Å². The molecule has 2 heterocycles. The van der Waals surface area contributed by atoms with Crippen molar-refractivity contribution in [1.82, 2.24) is 20.0 Å². The Kier molecular flexibility index (Phi) is 5.98. The van der Waals surface area contributed by atoms with E-state index in [1.807, 2.05) is 35.1 Å². The van der Waals surface area contributed by atoms with Crippen molar-refractivity contribution < 1.29 is 9.59 Å². The molecule has 0 saturated carbocycles. The molecular formula is C28H32N4O2. The summed E-state index contributed by atoms with van der Waals surface area (Å²) < 4.78 is 1.83. The molecule has 1 saturated heterocycles. The van der Waals surface area contributed by atoms with Gasteiger partial charge in [-0.2, -0.15) is 5.10 Å². The zero-order valence-corrected chi connectivity index (χ0v) is 20.1. The summed E-state index contributed by atoms with van der Waals surface area (Å²) in [7, 11) is 0. The largest absolute Gasteiger partial charge is 0.342 e. The van der Waals surface area contributed by atoms with Crippen molar-refractivity contribution in [2.45, 2.75) is 58.7 Å². The van der Waals surface area contributed by atoms with Gasteiger partial charge >= 0.3 is 0 Å². The molecule has 176 valence electrons. The molecule has 2 aromatic carbocycles. The van der Waals surface area contributed by atoms with Crippen molar-refractivity contribution in [2.24, 2.45) is 11.8 Å². The molecule has 1 N–H and O–H groups in total. The molecule has 1 aliphatic heterocycles. The predicted octanol–water partition coefficient (Wildman–Crippen LogP) is 3.84. The highest BCUT2D eigenvalue weighted by Gasteiger charge is 2.45. The van der Waals surface area contributed by atoms with Crippen LogP contribution in [0.15, 0.2) is 60.9 Å². The fourth-order valence-corrected chi connectivity index (χ4v) is 5.35. The second-order valence-electron chi connectivity index (χ2n) is 10.2. The van der Waals surface area contributed by atoms with Crippen LogP contribution in [0.2, 0.25) is 0 Å². The highest BCUT2D eigenvalue weighted by atomic mass is 16.2. The van der Waals surface area contributed by atoms with E-state index < -0.39 is 12.1 Å². The summed E-state index contributed by atoms with van der Waals surface area (Å²) in [4.78, 5) is 28.9. The van der Waals surface area contributed by atoms with E-state index in [2.05, 4.69) is 55.5 Å². The van der Waals surface area contributed by atoms with Crippen molar-refractivity contribution in [3.63, 3.8) is 0 Å². The Morgan fingerprint density at radius 3 is 2.47 bits per heavy atom. The first kappa shape index (κ1) is 22.4. The van der Waals surface area contributed by atoms with Gasteiger partial charge in [-0.25, -0.2) is 4.68 Å². The van der Waals surface area contributed by atoms with Gasteiger partial charge in [0, 0.05) is 18.3 Å². The quantitative estimate of drug-likeness (QED) is 0.613. The number of carbonyl (C=O) groups is 2. The smallest absolute Gasteiger partial charge is 0.246 e. The third kappa shape index (κ3) is 4.37. The van der Waals surface area contributed by atoms with Crippen LogP contribution < -0.4 is 5.32 Å². The fraction of sp³-hybridized carbons (Fsp3) is 0.393. The van der Waals surface area contributed by atoms with Crippen LogP contribution in [0.25, 0.3) is 5.69 Å². The lowest BCUT2D eigenvalue weighted by molar-refractivity contribution is -0.152. The first-order valence-electron chi connectivity index (χ1n) is 12.2. The molecule has 2 amide bonds. The number of nitrogens with one attached hydrogen (secondary N) is 1. The van der Waals surface area contributed by atoms with Gasteiger partial charge in [-0.1, -0.05) is 50.2 Å². The van der Waals surface area contributed by atoms with Crippen LogP contribution in [0.4, 0.5) is 0 Å². The average Bonchev–Trinajstić information content (AvgIpc) is 3.45. The number of amides is 2. The molecule has 0 radical (unpaired) electrons. The standard InChI is InChI=1S/C28H32N4O2/c1-18(2)11-25-27(33)30-26(23-13-21-8-4-5-9-22(21)14-23)28(34)31(25)16-20-15-29-32(17-20)24-10-6-7-19(3)12-24/h4-10,12,15,17-18,23,25-26H,11,13-14,16H2,1-3H3,(H,30,33)/t25-,26-/m1/s1. The second kappa shape index (κ2) is 9.09. The topological polar surface area (TPSA) is 67.2 Å². The van der Waals surface area contributed by atoms with Gasteiger partial charge in [-0.15, -0.1) is 0 Å². The number of rotatable bonds is 6. The molecule has 1 aliphatic carbocycles. The fourth-order valence-electron chi connectivity index (χ4n) is 5.35. The maximum absolute atomic E-state index is 13.8. The van der Waals surface area contributed by atoms with Gasteiger partial charge in [0.05, 0.1) is 11.9 Å².